The molecule has 1 amide bonds. The first kappa shape index (κ1) is 21.0. The first-order valence-electron chi connectivity index (χ1n) is 11.8. The predicted molar refractivity (Wildman–Crippen MR) is 127 cm³/mol. The maximum atomic E-state index is 11.6. The highest BCUT2D eigenvalue weighted by Crippen LogP contribution is 2.38. The standard InChI is InChI=1S/C26H27N3O5/c1-16-4-6-20-21(27-16)7-9-24-26(20)34-19(14-31-24)13-29-10-2-3-18(12-29)33-17-5-8-23-22(11-17)28-25(30)15-32-23/h4-9,11,18-19H,2-3,10,12-15H2,1H3,(H,28,30)/t18-,19+/m1/s1. The number of ether oxygens (including phenoxy) is 4. The lowest BCUT2D eigenvalue weighted by Gasteiger charge is -2.36. The fourth-order valence-electron chi connectivity index (χ4n) is 4.86. The number of piperidine rings is 1. The van der Waals surface area contributed by atoms with Gasteiger partial charge in [-0.15, -0.1) is 0 Å². The Bertz CT molecular complexity index is 1250. The van der Waals surface area contributed by atoms with Crippen LogP contribution in [0.15, 0.2) is 42.5 Å². The number of aryl methyl sites for hydroxylation is 1. The number of nitrogens with one attached hydrogen (secondary N) is 1. The van der Waals surface area contributed by atoms with Crippen molar-refractivity contribution in [3.8, 4) is 23.0 Å². The van der Waals surface area contributed by atoms with Gasteiger partial charge in [-0.3, -0.25) is 14.7 Å². The molecule has 3 aliphatic heterocycles. The zero-order valence-electron chi connectivity index (χ0n) is 19.1. The van der Waals surface area contributed by atoms with Gasteiger partial charge < -0.3 is 24.3 Å². The first-order valence-corrected chi connectivity index (χ1v) is 11.8. The number of amides is 1. The molecule has 0 bridgehead atoms. The maximum Gasteiger partial charge on any atom is 0.262 e. The van der Waals surface area contributed by atoms with E-state index in [1.54, 1.807) is 0 Å². The molecular weight excluding hydrogens is 434 g/mol. The molecule has 176 valence electrons. The number of anilines is 1. The average molecular weight is 462 g/mol. The Morgan fingerprint density at radius 3 is 3.00 bits per heavy atom. The summed E-state index contributed by atoms with van der Waals surface area (Å²) in [5, 5.41) is 3.82. The van der Waals surface area contributed by atoms with Crippen molar-refractivity contribution in [3.63, 3.8) is 0 Å². The van der Waals surface area contributed by atoms with Crippen molar-refractivity contribution in [1.82, 2.24) is 9.88 Å². The van der Waals surface area contributed by atoms with Crippen LogP contribution >= 0.6 is 0 Å². The second kappa shape index (κ2) is 8.68. The molecule has 6 rings (SSSR count). The molecule has 1 aromatic heterocycles. The third kappa shape index (κ3) is 4.21. The summed E-state index contributed by atoms with van der Waals surface area (Å²) in [6, 6.07) is 13.6. The van der Waals surface area contributed by atoms with E-state index in [1.807, 2.05) is 43.3 Å². The summed E-state index contributed by atoms with van der Waals surface area (Å²) in [5.41, 5.74) is 2.56. The normalized spacial score (nSPS) is 22.0. The Labute approximate surface area is 197 Å². The van der Waals surface area contributed by atoms with Crippen molar-refractivity contribution < 1.29 is 23.7 Å². The SMILES string of the molecule is Cc1ccc2c3c(ccc2n1)OC[C@H](CN1CCC[C@@H](Oc2ccc4c(c2)NC(=O)CO4)C1)O3. The van der Waals surface area contributed by atoms with Crippen molar-refractivity contribution in [1.29, 1.82) is 0 Å². The summed E-state index contributed by atoms with van der Waals surface area (Å²) < 4.78 is 24.2. The smallest absolute Gasteiger partial charge is 0.262 e. The van der Waals surface area contributed by atoms with Gasteiger partial charge in [0.2, 0.25) is 0 Å². The Balaban J connectivity index is 1.11. The second-order valence-electron chi connectivity index (χ2n) is 9.10. The van der Waals surface area contributed by atoms with Gasteiger partial charge in [0.15, 0.2) is 18.1 Å². The zero-order chi connectivity index (χ0) is 23.1. The van der Waals surface area contributed by atoms with Crippen LogP contribution in [-0.4, -0.2) is 60.8 Å². The van der Waals surface area contributed by atoms with Gasteiger partial charge in [-0.05, 0) is 62.7 Å². The summed E-state index contributed by atoms with van der Waals surface area (Å²) in [7, 11) is 0. The van der Waals surface area contributed by atoms with Crippen LogP contribution in [0.1, 0.15) is 18.5 Å². The van der Waals surface area contributed by atoms with Crippen LogP contribution in [0.4, 0.5) is 5.69 Å². The summed E-state index contributed by atoms with van der Waals surface area (Å²) in [5.74, 6) is 2.81. The predicted octanol–water partition coefficient (Wildman–Crippen LogP) is 3.56. The molecule has 3 aromatic rings. The lowest BCUT2D eigenvalue weighted by atomic mass is 10.1. The molecule has 0 radical (unpaired) electrons. The van der Waals surface area contributed by atoms with Crippen molar-refractivity contribution in [2.45, 2.75) is 32.0 Å². The third-order valence-electron chi connectivity index (χ3n) is 6.44. The number of fused-ring (bicyclic) bond motifs is 4. The van der Waals surface area contributed by atoms with E-state index < -0.39 is 0 Å². The molecule has 3 aliphatic rings. The molecule has 0 unspecified atom stereocenters. The van der Waals surface area contributed by atoms with E-state index in [9.17, 15) is 4.79 Å². The number of likely N-dealkylation sites (tertiary alicyclic amines) is 1. The Morgan fingerprint density at radius 2 is 2.06 bits per heavy atom. The Hall–Kier alpha value is -3.52. The number of pyridine rings is 1. The van der Waals surface area contributed by atoms with E-state index in [0.717, 1.165) is 66.3 Å². The van der Waals surface area contributed by atoms with Gasteiger partial charge in [0.1, 0.15) is 30.3 Å². The van der Waals surface area contributed by atoms with Crippen LogP contribution in [0, 0.1) is 6.92 Å². The number of aromatic nitrogens is 1. The lowest BCUT2D eigenvalue weighted by Crippen LogP contribution is -2.47. The van der Waals surface area contributed by atoms with Crippen LogP contribution in [0.5, 0.6) is 23.0 Å². The summed E-state index contributed by atoms with van der Waals surface area (Å²) in [4.78, 5) is 18.6. The van der Waals surface area contributed by atoms with E-state index in [2.05, 4.69) is 21.3 Å². The maximum absolute atomic E-state index is 11.6. The van der Waals surface area contributed by atoms with Crippen LogP contribution < -0.4 is 24.3 Å². The van der Waals surface area contributed by atoms with Gasteiger partial charge in [-0.25, -0.2) is 0 Å². The molecule has 1 saturated heterocycles. The average Bonchev–Trinajstić information content (AvgIpc) is 2.83. The van der Waals surface area contributed by atoms with Crippen molar-refractivity contribution in [3.05, 3.63) is 48.2 Å². The van der Waals surface area contributed by atoms with E-state index in [4.69, 9.17) is 18.9 Å². The molecule has 0 aliphatic carbocycles. The first-order chi connectivity index (χ1) is 16.6. The topological polar surface area (TPSA) is 82.2 Å². The number of carbonyl (C=O) groups is 1. The molecule has 1 N–H and O–H groups in total. The molecule has 34 heavy (non-hydrogen) atoms. The van der Waals surface area contributed by atoms with Crippen LogP contribution in [0.25, 0.3) is 10.9 Å². The van der Waals surface area contributed by atoms with Gasteiger partial charge in [0, 0.05) is 30.2 Å². The lowest BCUT2D eigenvalue weighted by molar-refractivity contribution is -0.118. The molecule has 2 atom stereocenters. The van der Waals surface area contributed by atoms with Crippen molar-refractivity contribution in [2.24, 2.45) is 0 Å². The van der Waals surface area contributed by atoms with Gasteiger partial charge in [0.25, 0.3) is 5.91 Å². The number of nitrogens with zero attached hydrogens (tertiary/aromatic N) is 2. The number of benzene rings is 2. The molecule has 2 aromatic carbocycles. The fraction of sp³-hybridized carbons (Fsp3) is 0.385. The highest BCUT2D eigenvalue weighted by Gasteiger charge is 2.29. The van der Waals surface area contributed by atoms with E-state index >= 15 is 0 Å². The molecule has 4 heterocycles. The van der Waals surface area contributed by atoms with Crippen molar-refractivity contribution >= 4 is 22.5 Å². The second-order valence-corrected chi connectivity index (χ2v) is 9.10. The number of hydrogen-bond donors (Lipinski definition) is 1. The molecule has 0 spiro atoms. The van der Waals surface area contributed by atoms with Crippen LogP contribution in [0.2, 0.25) is 0 Å². The third-order valence-corrected chi connectivity index (χ3v) is 6.44. The van der Waals surface area contributed by atoms with Gasteiger partial charge in [0.05, 0.1) is 11.2 Å². The molecular formula is C26H27N3O5. The highest BCUT2D eigenvalue weighted by molar-refractivity contribution is 5.95. The minimum atomic E-state index is -0.150. The van der Waals surface area contributed by atoms with Gasteiger partial charge in [-0.2, -0.15) is 0 Å². The monoisotopic (exact) mass is 461 g/mol. The van der Waals surface area contributed by atoms with E-state index in [-0.39, 0.29) is 24.7 Å². The highest BCUT2D eigenvalue weighted by atomic mass is 16.6. The largest absolute Gasteiger partial charge is 0.489 e. The van der Waals surface area contributed by atoms with Gasteiger partial charge in [-0.1, -0.05) is 0 Å². The van der Waals surface area contributed by atoms with Crippen LogP contribution in [-0.2, 0) is 4.79 Å². The summed E-state index contributed by atoms with van der Waals surface area (Å²) in [6.07, 6.45) is 2.04. The number of carbonyl (C=O) groups excluding carboxylic acids is 1. The van der Waals surface area contributed by atoms with E-state index in [1.165, 1.54) is 0 Å². The summed E-state index contributed by atoms with van der Waals surface area (Å²) >= 11 is 0. The molecule has 8 nitrogen and oxygen atoms in total. The summed E-state index contributed by atoms with van der Waals surface area (Å²) in [6.45, 7) is 5.13. The van der Waals surface area contributed by atoms with Crippen molar-refractivity contribution in [2.75, 3.05) is 38.2 Å². The number of hydrogen-bond acceptors (Lipinski definition) is 7. The van der Waals surface area contributed by atoms with Crippen LogP contribution in [0.3, 0.4) is 0 Å². The quantitative estimate of drug-likeness (QED) is 0.636. The number of rotatable bonds is 4. The molecule has 0 saturated carbocycles. The minimum Gasteiger partial charge on any atom is -0.489 e. The van der Waals surface area contributed by atoms with E-state index in [0.29, 0.717) is 18.0 Å². The zero-order valence-corrected chi connectivity index (χ0v) is 19.1. The fourth-order valence-corrected chi connectivity index (χ4v) is 4.86. The molecule has 8 heteroatoms. The van der Waals surface area contributed by atoms with Gasteiger partial charge >= 0.3 is 0 Å². The minimum absolute atomic E-state index is 0.0498. The Kier molecular flexibility index (Phi) is 5.37. The molecule has 1 fully saturated rings. The Morgan fingerprint density at radius 1 is 1.15 bits per heavy atom.